The van der Waals surface area contributed by atoms with Crippen LogP contribution in [0.1, 0.15) is 24.1 Å². The van der Waals surface area contributed by atoms with Crippen LogP contribution < -0.4 is 15.5 Å². The van der Waals surface area contributed by atoms with Crippen LogP contribution in [0, 0.1) is 0 Å². The maximum Gasteiger partial charge on any atom is 0.315 e. The molecule has 0 aliphatic carbocycles. The van der Waals surface area contributed by atoms with Gasteiger partial charge in [-0.25, -0.2) is 14.8 Å². The molecule has 27 heavy (non-hydrogen) atoms. The zero-order valence-corrected chi connectivity index (χ0v) is 15.3. The van der Waals surface area contributed by atoms with Gasteiger partial charge in [-0.2, -0.15) is 0 Å². The lowest BCUT2D eigenvalue weighted by Gasteiger charge is -2.16. The number of nitrogens with zero attached hydrogens (tertiary/aromatic N) is 4. The number of carbonyl (C=O) groups is 1. The number of urea groups is 1. The van der Waals surface area contributed by atoms with Crippen LogP contribution in [0.15, 0.2) is 48.9 Å². The standard InChI is InChI=1S/C20H24N6O/c27-20(21-9-8-17-15-26-12-2-1-5-19(26)24-17)23-14-16-6-7-18(22-13-16)25-10-3-4-11-25/h1-2,5-7,12-13,15H,3-4,8-11,14H2,(H2,21,23,27). The highest BCUT2D eigenvalue weighted by Crippen LogP contribution is 2.17. The Morgan fingerprint density at radius 2 is 2.00 bits per heavy atom. The van der Waals surface area contributed by atoms with Crippen molar-refractivity contribution in [3.8, 4) is 0 Å². The third kappa shape index (κ3) is 4.36. The van der Waals surface area contributed by atoms with Gasteiger partial charge >= 0.3 is 6.03 Å². The van der Waals surface area contributed by atoms with E-state index < -0.39 is 0 Å². The van der Waals surface area contributed by atoms with Crippen LogP contribution in [0.3, 0.4) is 0 Å². The monoisotopic (exact) mass is 364 g/mol. The first-order valence-corrected chi connectivity index (χ1v) is 9.42. The summed E-state index contributed by atoms with van der Waals surface area (Å²) in [6.07, 6.45) is 8.96. The van der Waals surface area contributed by atoms with Gasteiger partial charge in [0.15, 0.2) is 0 Å². The summed E-state index contributed by atoms with van der Waals surface area (Å²) >= 11 is 0. The molecule has 0 unspecified atom stereocenters. The molecule has 0 aromatic carbocycles. The molecule has 7 nitrogen and oxygen atoms in total. The van der Waals surface area contributed by atoms with E-state index in [2.05, 4.69) is 25.5 Å². The molecule has 4 rings (SSSR count). The zero-order chi connectivity index (χ0) is 18.5. The second-order valence-electron chi connectivity index (χ2n) is 6.78. The van der Waals surface area contributed by atoms with E-state index in [1.54, 1.807) is 0 Å². The largest absolute Gasteiger partial charge is 0.357 e. The Morgan fingerprint density at radius 3 is 2.78 bits per heavy atom. The number of pyridine rings is 2. The summed E-state index contributed by atoms with van der Waals surface area (Å²) in [5.41, 5.74) is 2.87. The SMILES string of the molecule is O=C(NCCc1cn2ccccc2n1)NCc1ccc(N2CCCC2)nc1. The molecule has 1 aliphatic heterocycles. The summed E-state index contributed by atoms with van der Waals surface area (Å²) in [5, 5.41) is 5.75. The average Bonchev–Trinajstić information content (AvgIpc) is 3.36. The number of fused-ring (bicyclic) bond motifs is 1. The van der Waals surface area contributed by atoms with Crippen LogP contribution in [0.2, 0.25) is 0 Å². The summed E-state index contributed by atoms with van der Waals surface area (Å²) < 4.78 is 1.98. The molecule has 7 heteroatoms. The number of hydrogen-bond donors (Lipinski definition) is 2. The summed E-state index contributed by atoms with van der Waals surface area (Å²) in [6.45, 7) is 3.17. The molecular weight excluding hydrogens is 340 g/mol. The molecule has 2 N–H and O–H groups in total. The van der Waals surface area contributed by atoms with E-state index in [9.17, 15) is 4.79 Å². The molecule has 0 atom stereocenters. The summed E-state index contributed by atoms with van der Waals surface area (Å²) in [7, 11) is 0. The smallest absolute Gasteiger partial charge is 0.315 e. The van der Waals surface area contributed by atoms with Crippen LogP contribution in [-0.4, -0.2) is 40.0 Å². The number of nitrogens with one attached hydrogen (secondary N) is 2. The van der Waals surface area contributed by atoms with Gasteiger partial charge in [0.05, 0.1) is 5.69 Å². The van der Waals surface area contributed by atoms with Crippen LogP contribution in [0.5, 0.6) is 0 Å². The minimum Gasteiger partial charge on any atom is -0.357 e. The topological polar surface area (TPSA) is 74.6 Å². The van der Waals surface area contributed by atoms with E-state index in [-0.39, 0.29) is 6.03 Å². The minimum atomic E-state index is -0.178. The fraction of sp³-hybridized carbons (Fsp3) is 0.350. The molecule has 140 valence electrons. The minimum absolute atomic E-state index is 0.178. The zero-order valence-electron chi connectivity index (χ0n) is 15.3. The van der Waals surface area contributed by atoms with E-state index in [0.29, 0.717) is 19.5 Å². The maximum absolute atomic E-state index is 12.0. The van der Waals surface area contributed by atoms with Crippen molar-refractivity contribution < 1.29 is 4.79 Å². The highest BCUT2D eigenvalue weighted by molar-refractivity contribution is 5.73. The number of rotatable bonds is 6. The highest BCUT2D eigenvalue weighted by atomic mass is 16.2. The number of carbonyl (C=O) groups excluding carboxylic acids is 1. The van der Waals surface area contributed by atoms with Crippen LogP contribution in [0.4, 0.5) is 10.6 Å². The van der Waals surface area contributed by atoms with Gasteiger partial charge in [0.2, 0.25) is 0 Å². The van der Waals surface area contributed by atoms with E-state index in [4.69, 9.17) is 0 Å². The van der Waals surface area contributed by atoms with Gasteiger partial charge in [0.1, 0.15) is 11.5 Å². The first kappa shape index (κ1) is 17.3. The number of hydrogen-bond acceptors (Lipinski definition) is 4. The van der Waals surface area contributed by atoms with E-state index >= 15 is 0 Å². The van der Waals surface area contributed by atoms with Crippen LogP contribution >= 0.6 is 0 Å². The van der Waals surface area contributed by atoms with Crippen LogP contribution in [0.25, 0.3) is 5.65 Å². The number of amides is 2. The number of imidazole rings is 1. The molecule has 0 spiro atoms. The van der Waals surface area contributed by atoms with Gasteiger partial charge in [-0.1, -0.05) is 12.1 Å². The summed E-state index contributed by atoms with van der Waals surface area (Å²) in [4.78, 5) is 23.3. The third-order valence-electron chi connectivity index (χ3n) is 4.77. The Labute approximate surface area is 158 Å². The van der Waals surface area contributed by atoms with Crippen molar-refractivity contribution in [3.05, 3.63) is 60.2 Å². The first-order chi connectivity index (χ1) is 13.3. The predicted molar refractivity (Wildman–Crippen MR) is 105 cm³/mol. The van der Waals surface area contributed by atoms with Gasteiger partial charge in [-0.15, -0.1) is 0 Å². The van der Waals surface area contributed by atoms with Crippen molar-refractivity contribution in [1.29, 1.82) is 0 Å². The molecule has 4 heterocycles. The van der Waals surface area contributed by atoms with Crippen LogP contribution in [-0.2, 0) is 13.0 Å². The molecule has 2 amide bonds. The molecule has 1 saturated heterocycles. The first-order valence-electron chi connectivity index (χ1n) is 9.42. The average molecular weight is 364 g/mol. The Kier molecular flexibility index (Phi) is 5.18. The lowest BCUT2D eigenvalue weighted by molar-refractivity contribution is 0.240. The molecule has 1 fully saturated rings. The van der Waals surface area contributed by atoms with Gasteiger partial charge in [-0.05, 0) is 36.6 Å². The third-order valence-corrected chi connectivity index (χ3v) is 4.77. The Bertz CT molecular complexity index is 865. The normalized spacial score (nSPS) is 13.9. The van der Waals surface area contributed by atoms with Crippen molar-refractivity contribution in [2.75, 3.05) is 24.5 Å². The summed E-state index contributed by atoms with van der Waals surface area (Å²) in [6, 6.07) is 9.77. The molecule has 0 bridgehead atoms. The highest BCUT2D eigenvalue weighted by Gasteiger charge is 2.13. The van der Waals surface area contributed by atoms with Gasteiger partial charge in [0, 0.05) is 51.2 Å². The van der Waals surface area contributed by atoms with E-state index in [0.717, 1.165) is 35.8 Å². The maximum atomic E-state index is 12.0. The Balaban J connectivity index is 1.20. The molecular formula is C20H24N6O. The molecule has 0 radical (unpaired) electrons. The van der Waals surface area contributed by atoms with Crippen molar-refractivity contribution >= 4 is 17.5 Å². The Morgan fingerprint density at radius 1 is 1.11 bits per heavy atom. The van der Waals surface area contributed by atoms with Crippen molar-refractivity contribution in [2.24, 2.45) is 0 Å². The van der Waals surface area contributed by atoms with Crippen molar-refractivity contribution in [2.45, 2.75) is 25.8 Å². The van der Waals surface area contributed by atoms with Crippen molar-refractivity contribution in [3.63, 3.8) is 0 Å². The molecule has 3 aromatic heterocycles. The summed E-state index contributed by atoms with van der Waals surface area (Å²) in [5.74, 6) is 1.02. The lowest BCUT2D eigenvalue weighted by atomic mass is 10.3. The second kappa shape index (κ2) is 8.07. The quantitative estimate of drug-likeness (QED) is 0.704. The fourth-order valence-corrected chi connectivity index (χ4v) is 3.31. The van der Waals surface area contributed by atoms with Gasteiger partial charge in [0.25, 0.3) is 0 Å². The molecule has 1 aliphatic rings. The molecule has 0 saturated carbocycles. The Hall–Kier alpha value is -3.09. The van der Waals surface area contributed by atoms with E-state index in [1.165, 1.54) is 12.8 Å². The van der Waals surface area contributed by atoms with Gasteiger partial charge < -0.3 is 19.9 Å². The van der Waals surface area contributed by atoms with Crippen molar-refractivity contribution in [1.82, 2.24) is 25.0 Å². The lowest BCUT2D eigenvalue weighted by Crippen LogP contribution is -2.36. The number of aromatic nitrogens is 3. The second-order valence-corrected chi connectivity index (χ2v) is 6.78. The number of anilines is 1. The van der Waals surface area contributed by atoms with Gasteiger partial charge in [-0.3, -0.25) is 0 Å². The predicted octanol–water partition coefficient (Wildman–Crippen LogP) is 2.37. The molecule has 3 aromatic rings. The van der Waals surface area contributed by atoms with E-state index in [1.807, 2.05) is 53.3 Å². The fourth-order valence-electron chi connectivity index (χ4n) is 3.31.